The third kappa shape index (κ3) is 8.01. The number of benzene rings is 1. The van der Waals surface area contributed by atoms with Crippen molar-refractivity contribution in [3.63, 3.8) is 0 Å². The Morgan fingerprint density at radius 2 is 2.07 bits per heavy atom. The van der Waals surface area contributed by atoms with Gasteiger partial charge in [-0.25, -0.2) is 0 Å². The summed E-state index contributed by atoms with van der Waals surface area (Å²) in [6.07, 6.45) is 2.95. The van der Waals surface area contributed by atoms with Crippen molar-refractivity contribution in [3.05, 3.63) is 34.9 Å². The Kier molecular flexibility index (Phi) is 8.88. The summed E-state index contributed by atoms with van der Waals surface area (Å²) in [5, 5.41) is 3.41. The van der Waals surface area contributed by atoms with Gasteiger partial charge in [-0.1, -0.05) is 43.1 Å². The van der Waals surface area contributed by atoms with E-state index < -0.39 is 0 Å². The van der Waals surface area contributed by atoms with Crippen LogP contribution < -0.4 is 5.32 Å². The monoisotopic (exact) mass is 227 g/mol. The van der Waals surface area contributed by atoms with Gasteiger partial charge in [-0.3, -0.25) is 4.79 Å². The number of nitrogens with one attached hydrogen (secondary N) is 1. The van der Waals surface area contributed by atoms with Gasteiger partial charge in [0.05, 0.1) is 0 Å². The quantitative estimate of drug-likeness (QED) is 0.621. The number of amides is 1. The second kappa shape index (κ2) is 9.53. The molecule has 0 unspecified atom stereocenters. The van der Waals surface area contributed by atoms with Gasteiger partial charge in [-0.05, 0) is 25.0 Å². The van der Waals surface area contributed by atoms with Crippen molar-refractivity contribution in [2.75, 3.05) is 6.54 Å². The molecule has 1 aromatic carbocycles. The van der Waals surface area contributed by atoms with Crippen LogP contribution in [0.1, 0.15) is 25.3 Å². The van der Waals surface area contributed by atoms with E-state index in [1.54, 1.807) is 0 Å². The maximum Gasteiger partial charge on any atom is 0.207 e. The van der Waals surface area contributed by atoms with Gasteiger partial charge in [0.25, 0.3) is 0 Å². The largest absolute Gasteiger partial charge is 0.359 e. The van der Waals surface area contributed by atoms with E-state index in [4.69, 9.17) is 11.6 Å². The lowest BCUT2D eigenvalue weighted by molar-refractivity contribution is -0.109. The topological polar surface area (TPSA) is 29.1 Å². The molecule has 15 heavy (non-hydrogen) atoms. The summed E-state index contributed by atoms with van der Waals surface area (Å²) in [6, 6.07) is 7.77. The highest BCUT2D eigenvalue weighted by atomic mass is 35.5. The first-order chi connectivity index (χ1) is 7.22. The zero-order valence-corrected chi connectivity index (χ0v) is 10.1. The highest BCUT2D eigenvalue weighted by Crippen LogP contribution is 2.11. The molecule has 1 amide bonds. The molecular weight excluding hydrogens is 210 g/mol. The van der Waals surface area contributed by atoms with E-state index in [1.807, 2.05) is 31.2 Å². The lowest BCUT2D eigenvalue weighted by Crippen LogP contribution is -2.11. The molecule has 0 spiro atoms. The van der Waals surface area contributed by atoms with Gasteiger partial charge in [-0.2, -0.15) is 0 Å². The Balaban J connectivity index is 0.000000265. The summed E-state index contributed by atoms with van der Waals surface area (Å²) in [7, 11) is 0. The number of aryl methyl sites for hydroxylation is 1. The molecule has 0 aliphatic heterocycles. The molecule has 0 bridgehead atoms. The van der Waals surface area contributed by atoms with Crippen molar-refractivity contribution in [2.24, 2.45) is 0 Å². The van der Waals surface area contributed by atoms with Crippen LogP contribution in [0.4, 0.5) is 0 Å². The predicted molar refractivity (Wildman–Crippen MR) is 65.2 cm³/mol. The Morgan fingerprint density at radius 1 is 1.40 bits per heavy atom. The van der Waals surface area contributed by atoms with Gasteiger partial charge in [0.1, 0.15) is 0 Å². The summed E-state index contributed by atoms with van der Waals surface area (Å²) in [5.74, 6) is 0. The fourth-order valence-electron chi connectivity index (χ4n) is 0.889. The van der Waals surface area contributed by atoms with E-state index in [0.717, 1.165) is 36.4 Å². The minimum atomic E-state index is 0.732. The fraction of sp³-hybridized carbons (Fsp3) is 0.417. The molecule has 0 aromatic heterocycles. The zero-order chi connectivity index (χ0) is 11.5. The molecule has 0 heterocycles. The molecule has 3 heteroatoms. The van der Waals surface area contributed by atoms with E-state index in [2.05, 4.69) is 12.2 Å². The van der Waals surface area contributed by atoms with Crippen molar-refractivity contribution in [1.82, 2.24) is 5.32 Å². The van der Waals surface area contributed by atoms with Gasteiger partial charge in [0, 0.05) is 11.6 Å². The molecule has 1 aromatic rings. The normalized spacial score (nSPS) is 8.73. The molecule has 1 rings (SSSR count). The Morgan fingerprint density at radius 3 is 2.47 bits per heavy atom. The summed E-state index contributed by atoms with van der Waals surface area (Å²) < 4.78 is 0. The van der Waals surface area contributed by atoms with Crippen molar-refractivity contribution in [2.45, 2.75) is 26.7 Å². The third-order valence-electron chi connectivity index (χ3n) is 1.83. The lowest BCUT2D eigenvalue weighted by atomic mass is 10.2. The molecule has 0 aliphatic carbocycles. The number of hydrogen-bond acceptors (Lipinski definition) is 1. The average Bonchev–Trinajstić information content (AvgIpc) is 2.24. The van der Waals surface area contributed by atoms with Crippen LogP contribution in [0.2, 0.25) is 5.02 Å². The number of carbonyl (C=O) groups excluding carboxylic acids is 1. The SMILES string of the molecule is CCCCNC=O.Cc1ccccc1Cl. The minimum absolute atomic E-state index is 0.732. The molecule has 0 fully saturated rings. The highest BCUT2D eigenvalue weighted by Gasteiger charge is 1.86. The first kappa shape index (κ1) is 14.0. The Hall–Kier alpha value is -1.02. The van der Waals surface area contributed by atoms with Crippen molar-refractivity contribution < 1.29 is 4.79 Å². The Bertz CT molecular complexity index is 255. The molecule has 1 N–H and O–H groups in total. The van der Waals surface area contributed by atoms with Crippen LogP contribution in [-0.4, -0.2) is 13.0 Å². The molecule has 0 saturated carbocycles. The summed E-state index contributed by atoms with van der Waals surface area (Å²) >= 11 is 5.71. The van der Waals surface area contributed by atoms with Crippen molar-refractivity contribution in [3.8, 4) is 0 Å². The molecule has 0 atom stereocenters. The van der Waals surface area contributed by atoms with Crippen LogP contribution in [0.5, 0.6) is 0 Å². The van der Waals surface area contributed by atoms with Crippen LogP contribution in [0.25, 0.3) is 0 Å². The van der Waals surface area contributed by atoms with Crippen molar-refractivity contribution in [1.29, 1.82) is 0 Å². The molecular formula is C12H18ClNO. The van der Waals surface area contributed by atoms with E-state index in [0.29, 0.717) is 0 Å². The molecule has 0 saturated heterocycles. The average molecular weight is 228 g/mol. The van der Waals surface area contributed by atoms with Gasteiger partial charge in [-0.15, -0.1) is 0 Å². The van der Waals surface area contributed by atoms with Gasteiger partial charge in [0.15, 0.2) is 0 Å². The number of unbranched alkanes of at least 4 members (excludes halogenated alkanes) is 1. The zero-order valence-electron chi connectivity index (χ0n) is 9.29. The standard InChI is InChI=1S/C7H7Cl.C5H11NO/c1-6-4-2-3-5-7(6)8;1-2-3-4-6-5-7/h2-5H,1H3;5H,2-4H2,1H3,(H,6,7). The minimum Gasteiger partial charge on any atom is -0.359 e. The first-order valence-electron chi connectivity index (χ1n) is 5.10. The number of halogens is 1. The first-order valence-corrected chi connectivity index (χ1v) is 5.48. The predicted octanol–water partition coefficient (Wildman–Crippen LogP) is 3.18. The summed E-state index contributed by atoms with van der Waals surface area (Å²) in [6.45, 7) is 4.90. The van der Waals surface area contributed by atoms with Gasteiger partial charge < -0.3 is 5.32 Å². The Labute approximate surface area is 96.6 Å². The number of hydrogen-bond donors (Lipinski definition) is 1. The van der Waals surface area contributed by atoms with E-state index >= 15 is 0 Å². The van der Waals surface area contributed by atoms with E-state index in [1.165, 1.54) is 0 Å². The summed E-state index contributed by atoms with van der Waals surface area (Å²) in [4.78, 5) is 9.57. The highest BCUT2D eigenvalue weighted by molar-refractivity contribution is 6.31. The van der Waals surface area contributed by atoms with Crippen LogP contribution in [0.3, 0.4) is 0 Å². The fourth-order valence-corrected chi connectivity index (χ4v) is 1.02. The smallest absolute Gasteiger partial charge is 0.207 e. The van der Waals surface area contributed by atoms with Crippen LogP contribution >= 0.6 is 11.6 Å². The molecule has 0 aliphatic rings. The molecule has 84 valence electrons. The van der Waals surface area contributed by atoms with Gasteiger partial charge in [0.2, 0.25) is 6.41 Å². The van der Waals surface area contributed by atoms with Gasteiger partial charge >= 0.3 is 0 Å². The van der Waals surface area contributed by atoms with Crippen LogP contribution in [0, 0.1) is 6.92 Å². The van der Waals surface area contributed by atoms with Crippen LogP contribution in [0.15, 0.2) is 24.3 Å². The van der Waals surface area contributed by atoms with Crippen LogP contribution in [-0.2, 0) is 4.79 Å². The third-order valence-corrected chi connectivity index (χ3v) is 2.26. The lowest BCUT2D eigenvalue weighted by Gasteiger charge is -1.90. The van der Waals surface area contributed by atoms with E-state index in [9.17, 15) is 4.79 Å². The summed E-state index contributed by atoms with van der Waals surface area (Å²) in [5.41, 5.74) is 1.13. The maximum atomic E-state index is 9.57. The molecule has 0 radical (unpaired) electrons. The van der Waals surface area contributed by atoms with E-state index in [-0.39, 0.29) is 0 Å². The number of rotatable bonds is 4. The second-order valence-corrected chi connectivity index (χ2v) is 3.58. The molecule has 2 nitrogen and oxygen atoms in total. The van der Waals surface area contributed by atoms with Crippen molar-refractivity contribution >= 4 is 18.0 Å². The maximum absolute atomic E-state index is 9.57. The second-order valence-electron chi connectivity index (χ2n) is 3.17. The number of carbonyl (C=O) groups is 1.